The van der Waals surface area contributed by atoms with Crippen molar-refractivity contribution < 1.29 is 14.6 Å². The summed E-state index contributed by atoms with van der Waals surface area (Å²) in [5, 5.41) is 13.0. The van der Waals surface area contributed by atoms with E-state index in [0.29, 0.717) is 19.4 Å². The maximum absolute atomic E-state index is 11.9. The molecule has 1 fully saturated rings. The van der Waals surface area contributed by atoms with E-state index < -0.39 is 5.60 Å². The summed E-state index contributed by atoms with van der Waals surface area (Å²) in [5.74, 6) is 0.797. The molecule has 0 unspecified atom stereocenters. The second-order valence-electron chi connectivity index (χ2n) is 5.52. The maximum atomic E-state index is 11.9. The Morgan fingerprint density at radius 1 is 1.35 bits per heavy atom. The number of rotatable bonds is 6. The fourth-order valence-electron chi connectivity index (χ4n) is 2.72. The highest BCUT2D eigenvalue weighted by molar-refractivity contribution is 5.76. The monoisotopic (exact) mass is 277 g/mol. The second-order valence-corrected chi connectivity index (χ2v) is 5.52. The van der Waals surface area contributed by atoms with E-state index in [9.17, 15) is 9.90 Å². The molecule has 0 radical (unpaired) electrons. The molecule has 0 heterocycles. The Morgan fingerprint density at radius 3 is 2.75 bits per heavy atom. The van der Waals surface area contributed by atoms with E-state index in [1.54, 1.807) is 7.11 Å². The molecule has 0 atom stereocenters. The SMILES string of the molecule is COc1ccccc1CCC(=O)NCC1(O)CCCC1. The van der Waals surface area contributed by atoms with E-state index in [0.717, 1.165) is 37.0 Å². The van der Waals surface area contributed by atoms with Crippen LogP contribution >= 0.6 is 0 Å². The highest BCUT2D eigenvalue weighted by Crippen LogP contribution is 2.28. The van der Waals surface area contributed by atoms with Crippen molar-refractivity contribution in [3.63, 3.8) is 0 Å². The highest BCUT2D eigenvalue weighted by Gasteiger charge is 2.31. The molecule has 1 aromatic rings. The van der Waals surface area contributed by atoms with Crippen LogP contribution in [0.1, 0.15) is 37.7 Å². The third-order valence-electron chi connectivity index (χ3n) is 3.96. The van der Waals surface area contributed by atoms with Crippen LogP contribution in [0.25, 0.3) is 0 Å². The Kier molecular flexibility index (Phi) is 5.01. The Bertz CT molecular complexity index is 453. The lowest BCUT2D eigenvalue weighted by Gasteiger charge is -2.22. The lowest BCUT2D eigenvalue weighted by molar-refractivity contribution is -0.122. The van der Waals surface area contributed by atoms with Crippen molar-refractivity contribution >= 4 is 5.91 Å². The summed E-state index contributed by atoms with van der Waals surface area (Å²) in [6, 6.07) is 7.72. The van der Waals surface area contributed by atoms with Crippen LogP contribution in [0.3, 0.4) is 0 Å². The summed E-state index contributed by atoms with van der Waals surface area (Å²) < 4.78 is 5.26. The summed E-state index contributed by atoms with van der Waals surface area (Å²) in [5.41, 5.74) is 0.352. The van der Waals surface area contributed by atoms with Crippen LogP contribution in [-0.2, 0) is 11.2 Å². The van der Waals surface area contributed by atoms with Crippen LogP contribution in [0, 0.1) is 0 Å². The van der Waals surface area contributed by atoms with Crippen molar-refractivity contribution in [2.75, 3.05) is 13.7 Å². The van der Waals surface area contributed by atoms with E-state index in [1.165, 1.54) is 0 Å². The predicted molar refractivity (Wildman–Crippen MR) is 77.7 cm³/mol. The molecule has 0 bridgehead atoms. The molecular formula is C16H23NO3. The first-order valence-electron chi connectivity index (χ1n) is 7.24. The van der Waals surface area contributed by atoms with Gasteiger partial charge in [-0.05, 0) is 30.9 Å². The van der Waals surface area contributed by atoms with Gasteiger partial charge in [-0.1, -0.05) is 31.0 Å². The fraction of sp³-hybridized carbons (Fsp3) is 0.562. The zero-order valence-corrected chi connectivity index (χ0v) is 12.0. The van der Waals surface area contributed by atoms with Gasteiger partial charge in [-0.2, -0.15) is 0 Å². The minimum atomic E-state index is -0.680. The van der Waals surface area contributed by atoms with Crippen molar-refractivity contribution in [3.05, 3.63) is 29.8 Å². The molecule has 1 saturated carbocycles. The van der Waals surface area contributed by atoms with Crippen molar-refractivity contribution in [2.24, 2.45) is 0 Å². The van der Waals surface area contributed by atoms with Crippen LogP contribution in [0.2, 0.25) is 0 Å². The van der Waals surface area contributed by atoms with Gasteiger partial charge in [-0.15, -0.1) is 0 Å². The molecule has 1 amide bonds. The average molecular weight is 277 g/mol. The molecule has 1 aliphatic carbocycles. The smallest absolute Gasteiger partial charge is 0.220 e. The van der Waals surface area contributed by atoms with Gasteiger partial charge in [0.15, 0.2) is 0 Å². The van der Waals surface area contributed by atoms with Crippen LogP contribution in [0.5, 0.6) is 5.75 Å². The third-order valence-corrected chi connectivity index (χ3v) is 3.96. The highest BCUT2D eigenvalue weighted by atomic mass is 16.5. The molecule has 4 heteroatoms. The van der Waals surface area contributed by atoms with E-state index in [4.69, 9.17) is 4.74 Å². The van der Waals surface area contributed by atoms with Crippen LogP contribution in [0.15, 0.2) is 24.3 Å². The number of nitrogens with one attached hydrogen (secondary N) is 1. The minimum absolute atomic E-state index is 0.0174. The molecule has 0 saturated heterocycles. The summed E-state index contributed by atoms with van der Waals surface area (Å²) in [7, 11) is 1.63. The molecule has 2 N–H and O–H groups in total. The molecule has 0 aliphatic heterocycles. The third kappa shape index (κ3) is 3.97. The first-order chi connectivity index (χ1) is 9.63. The normalized spacial score (nSPS) is 16.9. The summed E-state index contributed by atoms with van der Waals surface area (Å²) >= 11 is 0. The van der Waals surface area contributed by atoms with Crippen molar-refractivity contribution in [1.29, 1.82) is 0 Å². The molecule has 2 rings (SSSR count). The Labute approximate surface area is 120 Å². The summed E-state index contributed by atoms with van der Waals surface area (Å²) in [4.78, 5) is 11.9. The van der Waals surface area contributed by atoms with E-state index >= 15 is 0 Å². The van der Waals surface area contributed by atoms with E-state index in [2.05, 4.69) is 5.32 Å². The van der Waals surface area contributed by atoms with E-state index in [1.807, 2.05) is 24.3 Å². The molecule has 1 aliphatic rings. The zero-order chi connectivity index (χ0) is 14.4. The zero-order valence-electron chi connectivity index (χ0n) is 12.0. The van der Waals surface area contributed by atoms with Gasteiger partial charge < -0.3 is 15.2 Å². The number of hydrogen-bond acceptors (Lipinski definition) is 3. The molecule has 20 heavy (non-hydrogen) atoms. The largest absolute Gasteiger partial charge is 0.496 e. The second kappa shape index (κ2) is 6.75. The number of benzene rings is 1. The van der Waals surface area contributed by atoms with Crippen LogP contribution in [-0.4, -0.2) is 30.3 Å². The number of aliphatic hydroxyl groups is 1. The van der Waals surface area contributed by atoms with Gasteiger partial charge in [0, 0.05) is 13.0 Å². The Morgan fingerprint density at radius 2 is 2.05 bits per heavy atom. The lowest BCUT2D eigenvalue weighted by atomic mass is 10.0. The number of carbonyl (C=O) groups is 1. The Hall–Kier alpha value is -1.55. The number of methoxy groups -OCH3 is 1. The molecule has 0 aromatic heterocycles. The molecule has 4 nitrogen and oxygen atoms in total. The maximum Gasteiger partial charge on any atom is 0.220 e. The topological polar surface area (TPSA) is 58.6 Å². The number of hydrogen-bond donors (Lipinski definition) is 2. The van der Waals surface area contributed by atoms with Gasteiger partial charge in [0.2, 0.25) is 5.91 Å². The summed E-state index contributed by atoms with van der Waals surface area (Å²) in [6.45, 7) is 0.373. The Balaban J connectivity index is 1.77. The van der Waals surface area contributed by atoms with Gasteiger partial charge in [-0.3, -0.25) is 4.79 Å². The van der Waals surface area contributed by atoms with Crippen LogP contribution in [0.4, 0.5) is 0 Å². The first kappa shape index (κ1) is 14.9. The van der Waals surface area contributed by atoms with Gasteiger partial charge in [0.1, 0.15) is 5.75 Å². The van der Waals surface area contributed by atoms with Gasteiger partial charge in [0.25, 0.3) is 0 Å². The van der Waals surface area contributed by atoms with Gasteiger partial charge in [-0.25, -0.2) is 0 Å². The van der Waals surface area contributed by atoms with Crippen molar-refractivity contribution in [1.82, 2.24) is 5.32 Å². The number of para-hydroxylation sites is 1. The lowest BCUT2D eigenvalue weighted by Crippen LogP contribution is -2.40. The molecule has 1 aromatic carbocycles. The van der Waals surface area contributed by atoms with Gasteiger partial charge in [0.05, 0.1) is 12.7 Å². The molecule has 0 spiro atoms. The summed E-state index contributed by atoms with van der Waals surface area (Å²) in [6.07, 6.45) is 4.74. The van der Waals surface area contributed by atoms with Crippen molar-refractivity contribution in [2.45, 2.75) is 44.1 Å². The van der Waals surface area contributed by atoms with Crippen LogP contribution < -0.4 is 10.1 Å². The molecular weight excluding hydrogens is 254 g/mol. The minimum Gasteiger partial charge on any atom is -0.496 e. The van der Waals surface area contributed by atoms with E-state index in [-0.39, 0.29) is 5.91 Å². The number of ether oxygens (including phenoxy) is 1. The molecule has 110 valence electrons. The standard InChI is InChI=1S/C16H23NO3/c1-20-14-7-3-2-6-13(14)8-9-15(18)17-12-16(19)10-4-5-11-16/h2-3,6-7,19H,4-5,8-12H2,1H3,(H,17,18). The number of aryl methyl sites for hydroxylation is 1. The first-order valence-corrected chi connectivity index (χ1v) is 7.24. The number of amides is 1. The predicted octanol–water partition coefficient (Wildman–Crippen LogP) is 2.05. The fourth-order valence-corrected chi connectivity index (χ4v) is 2.72. The van der Waals surface area contributed by atoms with Gasteiger partial charge >= 0.3 is 0 Å². The number of carbonyl (C=O) groups excluding carboxylic acids is 1. The van der Waals surface area contributed by atoms with Crippen molar-refractivity contribution in [3.8, 4) is 5.75 Å². The average Bonchev–Trinajstić information content (AvgIpc) is 2.90. The quantitative estimate of drug-likeness (QED) is 0.836.